The molecular weight excluding hydrogens is 472 g/mol. The van der Waals surface area contributed by atoms with Crippen molar-refractivity contribution in [1.82, 2.24) is 5.43 Å². The minimum absolute atomic E-state index is 0.137. The summed E-state index contributed by atoms with van der Waals surface area (Å²) < 4.78 is 11.5. The van der Waals surface area contributed by atoms with Gasteiger partial charge in [-0.05, 0) is 81.5 Å². The lowest BCUT2D eigenvalue weighted by Gasteiger charge is -2.08. The molecule has 0 atom stereocenters. The SMILES string of the molecule is CC(C)c1ccc(OCC(=O)N/N=C\c2ccc(OC(=O)c3ccccc3Br)cc2)cc1. The Morgan fingerprint density at radius 2 is 1.62 bits per heavy atom. The molecule has 164 valence electrons. The predicted octanol–water partition coefficient (Wildman–Crippen LogP) is 5.32. The zero-order valence-corrected chi connectivity index (χ0v) is 19.3. The van der Waals surface area contributed by atoms with E-state index in [0.717, 1.165) is 5.56 Å². The van der Waals surface area contributed by atoms with Gasteiger partial charge in [-0.2, -0.15) is 5.10 Å². The highest BCUT2D eigenvalue weighted by atomic mass is 79.9. The van der Waals surface area contributed by atoms with E-state index < -0.39 is 5.97 Å². The van der Waals surface area contributed by atoms with Crippen LogP contribution in [0.5, 0.6) is 11.5 Å². The van der Waals surface area contributed by atoms with E-state index in [9.17, 15) is 9.59 Å². The Kier molecular flexibility index (Phi) is 8.16. The largest absolute Gasteiger partial charge is 0.484 e. The van der Waals surface area contributed by atoms with Crippen LogP contribution < -0.4 is 14.9 Å². The molecule has 0 aliphatic rings. The Labute approximate surface area is 195 Å². The number of rotatable bonds is 8. The highest BCUT2D eigenvalue weighted by molar-refractivity contribution is 9.10. The van der Waals surface area contributed by atoms with Gasteiger partial charge in [-0.25, -0.2) is 10.2 Å². The van der Waals surface area contributed by atoms with Gasteiger partial charge in [-0.1, -0.05) is 38.1 Å². The smallest absolute Gasteiger partial charge is 0.344 e. The zero-order valence-electron chi connectivity index (χ0n) is 17.7. The third-order valence-electron chi connectivity index (χ3n) is 4.50. The first-order chi connectivity index (χ1) is 15.4. The van der Waals surface area contributed by atoms with Gasteiger partial charge in [-0.15, -0.1) is 0 Å². The zero-order chi connectivity index (χ0) is 22.9. The van der Waals surface area contributed by atoms with E-state index in [2.05, 4.69) is 40.3 Å². The van der Waals surface area contributed by atoms with Crippen molar-refractivity contribution in [3.05, 3.63) is 94.0 Å². The summed E-state index contributed by atoms with van der Waals surface area (Å²) in [5.41, 5.74) is 4.80. The number of carbonyl (C=O) groups excluding carboxylic acids is 2. The second-order valence-corrected chi connectivity index (χ2v) is 8.10. The Morgan fingerprint density at radius 1 is 0.969 bits per heavy atom. The average Bonchev–Trinajstić information content (AvgIpc) is 2.79. The molecule has 0 radical (unpaired) electrons. The number of halogens is 1. The van der Waals surface area contributed by atoms with E-state index in [0.29, 0.717) is 27.5 Å². The molecule has 0 aliphatic carbocycles. The fourth-order valence-corrected chi connectivity index (χ4v) is 3.17. The Bertz CT molecular complexity index is 1090. The summed E-state index contributed by atoms with van der Waals surface area (Å²) >= 11 is 3.33. The molecule has 1 amide bonds. The molecule has 7 heteroatoms. The topological polar surface area (TPSA) is 77.0 Å². The summed E-state index contributed by atoms with van der Waals surface area (Å²) in [4.78, 5) is 24.1. The van der Waals surface area contributed by atoms with Crippen LogP contribution in [-0.4, -0.2) is 24.7 Å². The van der Waals surface area contributed by atoms with Gasteiger partial charge in [0.25, 0.3) is 5.91 Å². The maximum atomic E-state index is 12.2. The number of benzene rings is 3. The number of hydrogen-bond donors (Lipinski definition) is 1. The van der Waals surface area contributed by atoms with Crippen molar-refractivity contribution < 1.29 is 19.1 Å². The van der Waals surface area contributed by atoms with Gasteiger partial charge in [0.2, 0.25) is 0 Å². The van der Waals surface area contributed by atoms with Crippen LogP contribution in [0.3, 0.4) is 0 Å². The number of hydrogen-bond acceptors (Lipinski definition) is 5. The molecule has 0 unspecified atom stereocenters. The number of nitrogens with one attached hydrogen (secondary N) is 1. The molecule has 3 aromatic carbocycles. The quantitative estimate of drug-likeness (QED) is 0.199. The second kappa shape index (κ2) is 11.2. The molecule has 0 spiro atoms. The van der Waals surface area contributed by atoms with Gasteiger partial charge in [0.05, 0.1) is 11.8 Å². The molecule has 0 aliphatic heterocycles. The highest BCUT2D eigenvalue weighted by Gasteiger charge is 2.11. The van der Waals surface area contributed by atoms with Crippen LogP contribution in [0.4, 0.5) is 0 Å². The van der Waals surface area contributed by atoms with Crippen LogP contribution in [0.1, 0.15) is 41.3 Å². The number of ether oxygens (including phenoxy) is 2. The van der Waals surface area contributed by atoms with Gasteiger partial charge < -0.3 is 9.47 Å². The lowest BCUT2D eigenvalue weighted by molar-refractivity contribution is -0.123. The van der Waals surface area contributed by atoms with Crippen LogP contribution in [0.2, 0.25) is 0 Å². The van der Waals surface area contributed by atoms with Crippen molar-refractivity contribution in [3.63, 3.8) is 0 Å². The molecule has 3 rings (SSSR count). The number of nitrogens with zero attached hydrogens (tertiary/aromatic N) is 1. The van der Waals surface area contributed by atoms with E-state index in [1.165, 1.54) is 11.8 Å². The molecule has 0 aromatic heterocycles. The summed E-state index contributed by atoms with van der Waals surface area (Å²) in [6.45, 7) is 4.10. The molecule has 0 heterocycles. The van der Waals surface area contributed by atoms with Crippen molar-refractivity contribution in [2.75, 3.05) is 6.61 Å². The summed E-state index contributed by atoms with van der Waals surface area (Å²) in [6.07, 6.45) is 1.49. The minimum Gasteiger partial charge on any atom is -0.484 e. The van der Waals surface area contributed by atoms with Crippen LogP contribution in [0.15, 0.2) is 82.4 Å². The molecular formula is C25H23BrN2O4. The van der Waals surface area contributed by atoms with Gasteiger partial charge in [0.15, 0.2) is 6.61 Å². The van der Waals surface area contributed by atoms with E-state index in [4.69, 9.17) is 9.47 Å². The van der Waals surface area contributed by atoms with E-state index in [-0.39, 0.29) is 12.5 Å². The van der Waals surface area contributed by atoms with Crippen LogP contribution in [-0.2, 0) is 4.79 Å². The third kappa shape index (κ3) is 6.78. The lowest BCUT2D eigenvalue weighted by atomic mass is 10.0. The van der Waals surface area contributed by atoms with Gasteiger partial charge in [0.1, 0.15) is 11.5 Å². The van der Waals surface area contributed by atoms with E-state index >= 15 is 0 Å². The summed E-state index contributed by atoms with van der Waals surface area (Å²) in [7, 11) is 0. The molecule has 0 saturated heterocycles. The van der Waals surface area contributed by atoms with Crippen LogP contribution in [0, 0.1) is 0 Å². The number of esters is 1. The number of amides is 1. The van der Waals surface area contributed by atoms with Gasteiger partial charge in [-0.3, -0.25) is 4.79 Å². The predicted molar refractivity (Wildman–Crippen MR) is 127 cm³/mol. The average molecular weight is 495 g/mol. The summed E-state index contributed by atoms with van der Waals surface area (Å²) in [5.74, 6) is 0.650. The third-order valence-corrected chi connectivity index (χ3v) is 5.20. The lowest BCUT2D eigenvalue weighted by Crippen LogP contribution is -2.24. The normalized spacial score (nSPS) is 10.9. The fourth-order valence-electron chi connectivity index (χ4n) is 2.72. The first kappa shape index (κ1) is 23.2. The Morgan fingerprint density at radius 3 is 2.28 bits per heavy atom. The molecule has 3 aromatic rings. The highest BCUT2D eigenvalue weighted by Crippen LogP contribution is 2.20. The van der Waals surface area contributed by atoms with Crippen molar-refractivity contribution in [3.8, 4) is 11.5 Å². The first-order valence-corrected chi connectivity index (χ1v) is 10.8. The Hall–Kier alpha value is -3.45. The summed E-state index contributed by atoms with van der Waals surface area (Å²) in [6, 6.07) is 21.5. The number of carbonyl (C=O) groups is 2. The van der Waals surface area contributed by atoms with Crippen molar-refractivity contribution in [1.29, 1.82) is 0 Å². The maximum Gasteiger partial charge on any atom is 0.344 e. The maximum absolute atomic E-state index is 12.2. The molecule has 0 fully saturated rings. The first-order valence-electron chi connectivity index (χ1n) is 10.0. The van der Waals surface area contributed by atoms with Gasteiger partial charge in [0, 0.05) is 4.47 Å². The molecule has 32 heavy (non-hydrogen) atoms. The standard InChI is InChI=1S/C25H23BrN2O4/c1-17(2)19-9-13-20(14-10-19)31-16-24(29)28-27-15-18-7-11-21(12-8-18)32-25(30)22-5-3-4-6-23(22)26/h3-15,17H,16H2,1-2H3,(H,28,29)/b27-15-. The van der Waals surface area contributed by atoms with Crippen molar-refractivity contribution in [2.45, 2.75) is 19.8 Å². The number of hydrazone groups is 1. The molecule has 6 nitrogen and oxygen atoms in total. The van der Waals surface area contributed by atoms with Gasteiger partial charge >= 0.3 is 5.97 Å². The van der Waals surface area contributed by atoms with Crippen molar-refractivity contribution >= 4 is 34.0 Å². The monoisotopic (exact) mass is 494 g/mol. The molecule has 1 N–H and O–H groups in total. The minimum atomic E-state index is -0.454. The molecule has 0 saturated carbocycles. The summed E-state index contributed by atoms with van der Waals surface area (Å²) in [5, 5.41) is 3.92. The second-order valence-electron chi connectivity index (χ2n) is 7.24. The molecule has 0 bridgehead atoms. The van der Waals surface area contributed by atoms with Crippen LogP contribution in [0.25, 0.3) is 0 Å². The van der Waals surface area contributed by atoms with E-state index in [1.807, 2.05) is 30.3 Å². The van der Waals surface area contributed by atoms with E-state index in [1.54, 1.807) is 42.5 Å². The Balaban J connectivity index is 1.45. The van der Waals surface area contributed by atoms with Crippen molar-refractivity contribution in [2.24, 2.45) is 5.10 Å². The fraction of sp³-hybridized carbons (Fsp3) is 0.160. The van der Waals surface area contributed by atoms with Crippen LogP contribution >= 0.6 is 15.9 Å².